The molecular formula is C112H134B3F6N10O10S4+. The standard InChI is InChI=1S/C25H24BF2N3O.C25H23BF2N2OS.C23H21BF2N2OS.C21H20O7S2.3C6H15N/c1-18(2)17-32-23-12-6-19(7-13-23)5-8-20-9-10-21-16-22-11-14-25(24-4-3-15-29-24)31(22)26(27,28)30(20)21;1-18(2)17-31-23-12-6-19(7-13-23)5-8-20-9-10-21-16-22-11-14-24(25-4-3-15-32-25)30(22)26(27,28)29(20)21;1-16(2)15-29-20-9-5-17(6-10-20)21-11-7-18-14-19-8-12-22(23-4-3-13-30-23)28(19)24(25,26)27(18)21;1-11(2)10-28-17-9-19(30(25,26)27)16-7-6-15-18(29(22,23)24)8-12(3)13-4-5-14(17)21(16)20(13)15;3*1-4-7(5-2)6-3/h3-16,18,29H,17H2,1-2H3;3-16,18H,17H2,1-2H3;3-14,16H,15H2,1-2H3;4-9,11H,10H2,1-3H3,(H,22,23,24)(H,25,26,27);3*4-6H2,1-3H3/p+1/b2*8-5+;;;;;. The number of benzene rings is 7. The highest BCUT2D eigenvalue weighted by molar-refractivity contribution is 7.86. The summed E-state index contributed by atoms with van der Waals surface area (Å²) in [7, 11) is -9.63. The Labute approximate surface area is 858 Å². The van der Waals surface area contributed by atoms with Crippen molar-refractivity contribution >= 4 is 156 Å². The van der Waals surface area contributed by atoms with Crippen LogP contribution >= 0.6 is 22.7 Å². The minimum atomic E-state index is -4.85. The number of halogens is 6. The number of hydrogen-bond donors (Lipinski definition) is 4. The summed E-state index contributed by atoms with van der Waals surface area (Å²) in [4.78, 5) is 8.91. The summed E-state index contributed by atoms with van der Waals surface area (Å²) in [5.74, 6) is 4.05. The number of nitrogens with zero attached hydrogens (tertiary/aromatic N) is 6. The van der Waals surface area contributed by atoms with Crippen LogP contribution in [0.3, 0.4) is 0 Å². The zero-order valence-electron chi connectivity index (χ0n) is 86.0. The van der Waals surface area contributed by atoms with Gasteiger partial charge in [0.15, 0.2) is 34.2 Å². The molecule has 33 heteroatoms. The Morgan fingerprint density at radius 1 is 0.393 bits per heavy atom. The normalized spacial score (nSPS) is 15.0. The molecule has 0 amide bonds. The van der Waals surface area contributed by atoms with Crippen LogP contribution in [-0.4, -0.2) is 181 Å². The molecule has 6 aliphatic heterocycles. The van der Waals surface area contributed by atoms with Crippen LogP contribution in [0.25, 0.3) is 85.4 Å². The maximum Gasteiger partial charge on any atom is 0.737 e. The predicted molar refractivity (Wildman–Crippen MR) is 583 cm³/mol. The molecule has 4 N–H and O–H groups in total. The second-order valence-corrected chi connectivity index (χ2v) is 42.6. The van der Waals surface area contributed by atoms with E-state index in [1.54, 1.807) is 143 Å². The van der Waals surface area contributed by atoms with Crippen LogP contribution in [0.2, 0.25) is 0 Å². The maximum atomic E-state index is 15.9. The number of allylic oxidation sites excluding steroid dienone is 6. The molecule has 0 bridgehead atoms. The van der Waals surface area contributed by atoms with E-state index in [4.69, 9.17) is 18.9 Å². The first kappa shape index (κ1) is 110. The van der Waals surface area contributed by atoms with Crippen molar-refractivity contribution in [1.82, 2.24) is 18.4 Å². The molecule has 6 aliphatic rings. The molecule has 6 aromatic heterocycles. The van der Waals surface area contributed by atoms with E-state index in [2.05, 4.69) is 109 Å². The Balaban J connectivity index is 0.000000151. The number of quaternary nitrogens is 3. The molecule has 766 valence electrons. The van der Waals surface area contributed by atoms with Crippen LogP contribution in [0, 0.1) is 30.6 Å². The summed E-state index contributed by atoms with van der Waals surface area (Å²) in [6.07, 6.45) is 24.9. The van der Waals surface area contributed by atoms with E-state index >= 15 is 25.9 Å². The highest BCUT2D eigenvalue weighted by Gasteiger charge is 2.55. The lowest BCUT2D eigenvalue weighted by Gasteiger charge is -2.30. The number of ether oxygens (including phenoxy) is 4. The molecule has 0 saturated heterocycles. The zero-order valence-corrected chi connectivity index (χ0v) is 89.2. The summed E-state index contributed by atoms with van der Waals surface area (Å²) in [5, 5.41) is 6.15. The summed E-state index contributed by atoms with van der Waals surface area (Å²) in [6.45, 7) is 39.7. The molecule has 13 aromatic rings. The first-order chi connectivity index (χ1) is 69.2. The molecule has 12 heterocycles. The van der Waals surface area contributed by atoms with Gasteiger partial charge in [-0.15, -0.1) is 22.7 Å². The SMILES string of the molecule is CC(C)COc1ccc(/C=C/c2ccc3n2[B-](F)(F)[N+]2=C(c4ccc[nH]4)C=CC2=C3)cc1.CC(C)COc1ccc(/C=C/c2ccc3n2[B-](F)(F)[N+]2=C(c4cccs4)C=CC2=C3)cc1.CC(C)COc1ccc(C2=[N+]3C(=Cc4ccc(-c5cccs5)n4[B-]3(F)F)C=C2)cc1.CC[NH+](CC)CC.CC[NH+](CC)CC.CC[NH+](CC)CC.Cc1cc(S(=O)(=O)[O-])c2ccc3c(S(=O)(=O)[O-])cc(OCC(C)C)c4ccc1c2c43. The Morgan fingerprint density at radius 2 is 0.759 bits per heavy atom. The first-order valence-electron chi connectivity index (χ1n) is 50.2. The molecule has 145 heavy (non-hydrogen) atoms. The van der Waals surface area contributed by atoms with E-state index in [1.165, 1.54) is 119 Å². The van der Waals surface area contributed by atoms with E-state index in [9.17, 15) is 25.9 Å². The van der Waals surface area contributed by atoms with Gasteiger partial charge in [-0.1, -0.05) is 122 Å². The van der Waals surface area contributed by atoms with Crippen molar-refractivity contribution in [3.8, 4) is 33.6 Å². The summed E-state index contributed by atoms with van der Waals surface area (Å²) in [5.41, 5.74) is 9.84. The fraction of sp³-hybridized carbons (Fsp3) is 0.312. The van der Waals surface area contributed by atoms with Gasteiger partial charge in [0.05, 0.1) is 100.0 Å². The molecule has 20 nitrogen and oxygen atoms in total. The predicted octanol–water partition coefficient (Wildman–Crippen LogP) is 21.5. The lowest BCUT2D eigenvalue weighted by Crippen LogP contribution is -3.11. The lowest BCUT2D eigenvalue weighted by molar-refractivity contribution is -0.894. The minimum Gasteiger partial charge on any atom is -0.744 e. The van der Waals surface area contributed by atoms with Crippen molar-refractivity contribution < 1.29 is 98.9 Å². The lowest BCUT2D eigenvalue weighted by atomic mass is 9.90. The smallest absolute Gasteiger partial charge is 0.737 e. The van der Waals surface area contributed by atoms with Gasteiger partial charge >= 0.3 is 20.9 Å². The van der Waals surface area contributed by atoms with Crippen molar-refractivity contribution in [2.24, 2.45) is 23.7 Å². The number of nitrogens with one attached hydrogen (secondary N) is 4. The molecule has 0 unspecified atom stereocenters. The van der Waals surface area contributed by atoms with Crippen LogP contribution in [0.15, 0.2) is 262 Å². The van der Waals surface area contributed by atoms with Gasteiger partial charge in [0, 0.05) is 127 Å². The number of rotatable bonds is 31. The van der Waals surface area contributed by atoms with Gasteiger partial charge in [0.2, 0.25) is 0 Å². The molecule has 0 saturated carbocycles. The highest BCUT2D eigenvalue weighted by Crippen LogP contribution is 2.46. The number of aromatic amines is 1. The summed E-state index contributed by atoms with van der Waals surface area (Å²) >= 11 is 2.93. The van der Waals surface area contributed by atoms with Gasteiger partial charge in [-0.05, 0) is 271 Å². The maximum absolute atomic E-state index is 15.9. The molecule has 0 spiro atoms. The Bertz CT molecular complexity index is 7020. The van der Waals surface area contributed by atoms with E-state index < -0.39 is 46.0 Å². The van der Waals surface area contributed by atoms with E-state index in [-0.39, 0.29) is 27.3 Å². The number of aryl methyl sites for hydroxylation is 1. The van der Waals surface area contributed by atoms with Crippen LogP contribution in [-0.2, 0) is 20.2 Å². The minimum absolute atomic E-state index is 0.148. The Kier molecular flexibility index (Phi) is 36.7. The van der Waals surface area contributed by atoms with Crippen LogP contribution < -0.4 is 33.6 Å². The third-order valence-electron chi connectivity index (χ3n) is 26.1. The molecule has 0 atom stereocenters. The fourth-order valence-electron chi connectivity index (χ4n) is 18.2. The topological polar surface area (TPSA) is 204 Å². The van der Waals surface area contributed by atoms with Crippen molar-refractivity contribution in [2.75, 3.05) is 85.3 Å². The van der Waals surface area contributed by atoms with Crippen LogP contribution in [0.1, 0.15) is 179 Å². The van der Waals surface area contributed by atoms with Crippen LogP contribution in [0.4, 0.5) is 25.9 Å². The second kappa shape index (κ2) is 48.4. The van der Waals surface area contributed by atoms with Gasteiger partial charge in [0.25, 0.3) is 0 Å². The van der Waals surface area contributed by atoms with Gasteiger partial charge in [0.1, 0.15) is 48.9 Å². The number of hydrogen-bond acceptors (Lipinski definition) is 12. The summed E-state index contributed by atoms with van der Waals surface area (Å²) < 4.78 is 197. The molecule has 0 fully saturated rings. The zero-order chi connectivity index (χ0) is 105. The number of thiophene rings is 2. The monoisotopic (exact) mass is 2050 g/mol. The third kappa shape index (κ3) is 25.5. The van der Waals surface area contributed by atoms with Gasteiger partial charge in [-0.25, -0.2) is 16.8 Å². The summed E-state index contributed by atoms with van der Waals surface area (Å²) in [6, 6.07) is 53.1. The number of fused-ring (bicyclic) bond motifs is 6. The van der Waals surface area contributed by atoms with Crippen molar-refractivity contribution in [3.63, 3.8) is 0 Å². The average molecular weight is 2060 g/mol. The van der Waals surface area contributed by atoms with E-state index in [0.717, 1.165) is 57.1 Å². The van der Waals surface area contributed by atoms with Crippen molar-refractivity contribution in [2.45, 2.75) is 134 Å². The van der Waals surface area contributed by atoms with Gasteiger partial charge in [-0.3, -0.25) is 0 Å². The third-order valence-corrected chi connectivity index (χ3v) is 29.6. The Morgan fingerprint density at radius 3 is 1.17 bits per heavy atom. The molecule has 0 aliphatic carbocycles. The van der Waals surface area contributed by atoms with E-state index in [0.29, 0.717) is 145 Å². The number of H-pyrrole nitrogens is 1. The van der Waals surface area contributed by atoms with Crippen molar-refractivity contribution in [3.05, 3.63) is 314 Å². The largest absolute Gasteiger partial charge is 0.744 e. The molecule has 7 aromatic carbocycles. The molecule has 0 radical (unpaired) electrons. The molecule has 19 rings (SSSR count). The second-order valence-electron chi connectivity index (χ2n) is 38.0. The number of aromatic nitrogens is 4. The molecular weight excluding hydrogens is 1920 g/mol. The van der Waals surface area contributed by atoms with Gasteiger partial charge < -0.3 is 101 Å². The van der Waals surface area contributed by atoms with Crippen LogP contribution in [0.5, 0.6) is 23.0 Å². The van der Waals surface area contributed by atoms with Gasteiger partial charge in [-0.2, -0.15) is 0 Å². The fourth-order valence-corrected chi connectivity index (χ4v) is 21.2. The quantitative estimate of drug-likeness (QED) is 0.0140. The van der Waals surface area contributed by atoms with E-state index in [1.807, 2.05) is 146 Å². The highest BCUT2D eigenvalue weighted by atomic mass is 32.2. The first-order valence-corrected chi connectivity index (χ1v) is 54.8. The average Bonchev–Trinajstić information content (AvgIpc) is 1.70. The Hall–Kier alpha value is -12.3. The van der Waals surface area contributed by atoms with Crippen molar-refractivity contribution in [1.29, 1.82) is 0 Å².